The van der Waals surface area contributed by atoms with Crippen LogP contribution in [0.25, 0.3) is 0 Å². The van der Waals surface area contributed by atoms with Crippen molar-refractivity contribution in [3.8, 4) is 0 Å². The standard InChI is InChI=1S/C7H11NO2S/c9-11(10)6-7-3-1-2-4-8(11)5-7/h1,3,7H,2,4-6H2/t7-/m0/s1. The summed E-state index contributed by atoms with van der Waals surface area (Å²) in [5.41, 5.74) is 0. The number of nitrogens with zero attached hydrogens (tertiary/aromatic N) is 1. The summed E-state index contributed by atoms with van der Waals surface area (Å²) in [6.45, 7) is 1.38. The van der Waals surface area contributed by atoms with E-state index in [1.165, 1.54) is 0 Å². The van der Waals surface area contributed by atoms with Gasteiger partial charge in [0.15, 0.2) is 0 Å². The Hall–Kier alpha value is -0.350. The van der Waals surface area contributed by atoms with E-state index in [2.05, 4.69) is 6.08 Å². The molecule has 0 saturated carbocycles. The first-order valence-electron chi connectivity index (χ1n) is 3.83. The number of rotatable bonds is 0. The molecular formula is C7H11NO2S. The molecule has 0 aromatic rings. The Bertz CT molecular complexity index is 281. The first-order valence-corrected chi connectivity index (χ1v) is 5.44. The Morgan fingerprint density at radius 2 is 2.27 bits per heavy atom. The lowest BCUT2D eigenvalue weighted by molar-refractivity contribution is 0.439. The van der Waals surface area contributed by atoms with Gasteiger partial charge in [-0.3, -0.25) is 0 Å². The first kappa shape index (κ1) is 7.31. The van der Waals surface area contributed by atoms with Crippen molar-refractivity contribution in [2.24, 2.45) is 5.92 Å². The Labute approximate surface area is 66.7 Å². The molecule has 0 N–H and O–H groups in total. The van der Waals surface area contributed by atoms with E-state index in [4.69, 9.17) is 0 Å². The minimum atomic E-state index is -2.87. The van der Waals surface area contributed by atoms with Gasteiger partial charge in [-0.1, -0.05) is 12.2 Å². The molecule has 1 fully saturated rings. The zero-order valence-corrected chi connectivity index (χ0v) is 7.05. The molecule has 2 aliphatic rings. The topological polar surface area (TPSA) is 37.4 Å². The van der Waals surface area contributed by atoms with Crippen LogP contribution in [0.15, 0.2) is 12.2 Å². The fraction of sp³-hybridized carbons (Fsp3) is 0.714. The first-order chi connectivity index (χ1) is 5.18. The van der Waals surface area contributed by atoms with Crippen LogP contribution >= 0.6 is 0 Å². The van der Waals surface area contributed by atoms with Crippen molar-refractivity contribution in [3.05, 3.63) is 12.2 Å². The smallest absolute Gasteiger partial charge is 0.212 e. The maximum absolute atomic E-state index is 11.3. The third-order valence-electron chi connectivity index (χ3n) is 2.21. The molecule has 11 heavy (non-hydrogen) atoms. The van der Waals surface area contributed by atoms with Crippen molar-refractivity contribution >= 4 is 10.0 Å². The van der Waals surface area contributed by atoms with Gasteiger partial charge >= 0.3 is 0 Å². The number of sulfonamides is 1. The van der Waals surface area contributed by atoms with E-state index < -0.39 is 10.0 Å². The highest BCUT2D eigenvalue weighted by Gasteiger charge is 2.34. The molecule has 2 atom stereocenters. The Morgan fingerprint density at radius 3 is 3.09 bits per heavy atom. The Kier molecular flexibility index (Phi) is 1.54. The SMILES string of the molecule is O=S1(=O)C[C@H]2C=CCCN1C2. The highest BCUT2D eigenvalue weighted by molar-refractivity contribution is 7.89. The van der Waals surface area contributed by atoms with Gasteiger partial charge < -0.3 is 0 Å². The minimum absolute atomic E-state index is 0.252. The van der Waals surface area contributed by atoms with Crippen molar-refractivity contribution in [1.82, 2.24) is 4.31 Å². The summed E-state index contributed by atoms with van der Waals surface area (Å²) in [6.07, 6.45) is 4.99. The van der Waals surface area contributed by atoms with Crippen molar-refractivity contribution in [1.29, 1.82) is 0 Å². The summed E-state index contributed by atoms with van der Waals surface area (Å²) in [7, 11) is -2.87. The van der Waals surface area contributed by atoms with Crippen LogP contribution in [0.3, 0.4) is 0 Å². The Balaban J connectivity index is 2.34. The van der Waals surface area contributed by atoms with Crippen LogP contribution in [0.5, 0.6) is 0 Å². The van der Waals surface area contributed by atoms with Crippen LogP contribution in [0.4, 0.5) is 0 Å². The summed E-state index contributed by atoms with van der Waals surface area (Å²) in [5, 5.41) is 0. The monoisotopic (exact) mass is 173 g/mol. The lowest BCUT2D eigenvalue weighted by atomic mass is 10.2. The van der Waals surface area contributed by atoms with E-state index in [1.807, 2.05) is 6.08 Å². The van der Waals surface area contributed by atoms with Crippen molar-refractivity contribution in [2.45, 2.75) is 6.42 Å². The molecule has 4 heteroatoms. The third kappa shape index (κ3) is 1.20. The fourth-order valence-electron chi connectivity index (χ4n) is 1.66. The van der Waals surface area contributed by atoms with E-state index in [9.17, 15) is 8.42 Å². The van der Waals surface area contributed by atoms with Gasteiger partial charge in [-0.05, 0) is 6.42 Å². The molecule has 2 heterocycles. The third-order valence-corrected chi connectivity index (χ3v) is 4.18. The summed E-state index contributed by atoms with van der Waals surface area (Å²) in [4.78, 5) is 0. The molecule has 2 rings (SSSR count). The van der Waals surface area contributed by atoms with Gasteiger partial charge in [-0.25, -0.2) is 12.7 Å². The normalized spacial score (nSPS) is 40.4. The van der Waals surface area contributed by atoms with Crippen molar-refractivity contribution in [2.75, 3.05) is 18.8 Å². The molecule has 0 amide bonds. The van der Waals surface area contributed by atoms with Gasteiger partial charge in [-0.2, -0.15) is 0 Å². The zero-order chi connectivity index (χ0) is 7.90. The number of hydrogen-bond donors (Lipinski definition) is 0. The molecule has 0 spiro atoms. The second kappa shape index (κ2) is 2.32. The molecule has 62 valence electrons. The van der Waals surface area contributed by atoms with Crippen LogP contribution in [0, 0.1) is 5.92 Å². The van der Waals surface area contributed by atoms with E-state index in [-0.39, 0.29) is 5.92 Å². The minimum Gasteiger partial charge on any atom is -0.212 e. The zero-order valence-electron chi connectivity index (χ0n) is 6.23. The second-order valence-corrected chi connectivity index (χ2v) is 5.13. The number of fused-ring (bicyclic) bond motifs is 2. The van der Waals surface area contributed by atoms with Crippen molar-refractivity contribution < 1.29 is 8.42 Å². The van der Waals surface area contributed by atoms with E-state index in [0.717, 1.165) is 6.42 Å². The van der Waals surface area contributed by atoms with Crippen LogP contribution in [-0.4, -0.2) is 31.6 Å². The lowest BCUT2D eigenvalue weighted by Gasteiger charge is -2.11. The van der Waals surface area contributed by atoms with Crippen molar-refractivity contribution in [3.63, 3.8) is 0 Å². The van der Waals surface area contributed by atoms with Crippen LogP contribution in [-0.2, 0) is 10.0 Å². The highest BCUT2D eigenvalue weighted by atomic mass is 32.2. The van der Waals surface area contributed by atoms with Gasteiger partial charge in [0.05, 0.1) is 5.75 Å². The summed E-state index contributed by atoms with van der Waals surface area (Å²) in [5.74, 6) is 0.575. The van der Waals surface area contributed by atoms with Gasteiger partial charge in [-0.15, -0.1) is 0 Å². The second-order valence-electron chi connectivity index (χ2n) is 3.11. The number of hydrogen-bond acceptors (Lipinski definition) is 2. The molecule has 1 unspecified atom stereocenters. The van der Waals surface area contributed by atoms with Crippen LogP contribution < -0.4 is 0 Å². The molecular weight excluding hydrogens is 162 g/mol. The Morgan fingerprint density at radius 1 is 1.45 bits per heavy atom. The van der Waals surface area contributed by atoms with E-state index >= 15 is 0 Å². The lowest BCUT2D eigenvalue weighted by Crippen LogP contribution is -2.26. The molecule has 1 saturated heterocycles. The molecule has 2 aliphatic heterocycles. The van der Waals surface area contributed by atoms with Crippen LogP contribution in [0.2, 0.25) is 0 Å². The predicted molar refractivity (Wildman–Crippen MR) is 42.6 cm³/mol. The van der Waals surface area contributed by atoms with Gasteiger partial charge in [0.25, 0.3) is 0 Å². The quantitative estimate of drug-likeness (QED) is 0.491. The largest absolute Gasteiger partial charge is 0.214 e. The highest BCUT2D eigenvalue weighted by Crippen LogP contribution is 2.23. The molecule has 0 aliphatic carbocycles. The molecule has 0 aromatic carbocycles. The van der Waals surface area contributed by atoms with Gasteiger partial charge in [0.2, 0.25) is 10.0 Å². The summed E-state index contributed by atoms with van der Waals surface area (Å²) in [6, 6.07) is 0. The van der Waals surface area contributed by atoms with E-state index in [0.29, 0.717) is 18.8 Å². The van der Waals surface area contributed by atoms with Gasteiger partial charge in [0.1, 0.15) is 0 Å². The maximum Gasteiger partial charge on any atom is 0.214 e. The van der Waals surface area contributed by atoms with E-state index in [1.54, 1.807) is 4.31 Å². The molecule has 0 aromatic heterocycles. The average Bonchev–Trinajstić information content (AvgIpc) is 2.18. The average molecular weight is 173 g/mol. The van der Waals surface area contributed by atoms with Gasteiger partial charge in [0, 0.05) is 19.0 Å². The molecule has 3 nitrogen and oxygen atoms in total. The summed E-state index contributed by atoms with van der Waals surface area (Å²) >= 11 is 0. The maximum atomic E-state index is 11.3. The summed E-state index contributed by atoms with van der Waals surface area (Å²) < 4.78 is 24.2. The molecule has 2 bridgehead atoms. The van der Waals surface area contributed by atoms with Crippen LogP contribution in [0.1, 0.15) is 6.42 Å². The fourth-order valence-corrected chi connectivity index (χ4v) is 3.43. The predicted octanol–water partition coefficient (Wildman–Crippen LogP) is 0.208. The molecule has 0 radical (unpaired) electrons.